The smallest absolute Gasteiger partial charge is 0.387 e. The first-order valence-corrected chi connectivity index (χ1v) is 10.4. The van der Waals surface area contributed by atoms with Gasteiger partial charge < -0.3 is 14.8 Å². The summed E-state index contributed by atoms with van der Waals surface area (Å²) in [6.45, 7) is -3.10. The summed E-state index contributed by atoms with van der Waals surface area (Å²) in [4.78, 5) is 17.2. The van der Waals surface area contributed by atoms with Crippen molar-refractivity contribution >= 4 is 16.9 Å². The van der Waals surface area contributed by atoms with Crippen LogP contribution >= 0.6 is 0 Å². The summed E-state index contributed by atoms with van der Waals surface area (Å²) < 4.78 is 39.9. The number of amides is 1. The predicted octanol–water partition coefficient (Wildman–Crippen LogP) is 3.93. The summed E-state index contributed by atoms with van der Waals surface area (Å²) in [6.07, 6.45) is 6.98. The summed E-state index contributed by atoms with van der Waals surface area (Å²) in [6, 6.07) is 8.80. The zero-order valence-corrected chi connectivity index (χ0v) is 18.0. The van der Waals surface area contributed by atoms with Crippen LogP contribution in [0.1, 0.15) is 23.2 Å². The minimum Gasteiger partial charge on any atom is -0.496 e. The highest BCUT2D eigenvalue weighted by atomic mass is 19.3. The largest absolute Gasteiger partial charge is 0.496 e. The van der Waals surface area contributed by atoms with E-state index in [0.717, 1.165) is 29.5 Å². The highest BCUT2D eigenvalue weighted by molar-refractivity contribution is 6.00. The van der Waals surface area contributed by atoms with E-state index in [1.165, 1.54) is 13.2 Å². The molecule has 1 saturated carbocycles. The van der Waals surface area contributed by atoms with Gasteiger partial charge in [-0.2, -0.15) is 13.9 Å². The fourth-order valence-electron chi connectivity index (χ4n) is 3.74. The summed E-state index contributed by atoms with van der Waals surface area (Å²) in [5, 5.41) is 6.99. The van der Waals surface area contributed by atoms with E-state index in [-0.39, 0.29) is 23.1 Å². The third kappa shape index (κ3) is 4.11. The molecule has 4 aromatic rings. The highest BCUT2D eigenvalue weighted by Crippen LogP contribution is 2.35. The van der Waals surface area contributed by atoms with Gasteiger partial charge in [0.25, 0.3) is 5.91 Å². The van der Waals surface area contributed by atoms with Gasteiger partial charge in [0.2, 0.25) is 0 Å². The van der Waals surface area contributed by atoms with E-state index >= 15 is 0 Å². The van der Waals surface area contributed by atoms with Crippen LogP contribution in [0.2, 0.25) is 0 Å². The van der Waals surface area contributed by atoms with Crippen molar-refractivity contribution < 1.29 is 23.0 Å². The number of nitrogens with one attached hydrogen (secondary N) is 1. The van der Waals surface area contributed by atoms with Gasteiger partial charge in [-0.05, 0) is 30.5 Å². The van der Waals surface area contributed by atoms with E-state index in [1.807, 2.05) is 31.4 Å². The molecular formula is C23H21F2N5O3. The zero-order valence-electron chi connectivity index (χ0n) is 18.0. The molecule has 1 fully saturated rings. The first-order chi connectivity index (χ1) is 15.9. The van der Waals surface area contributed by atoms with Crippen molar-refractivity contribution in [3.8, 4) is 28.3 Å². The van der Waals surface area contributed by atoms with E-state index in [9.17, 15) is 13.6 Å². The molecule has 0 atom stereocenters. The predicted molar refractivity (Wildman–Crippen MR) is 117 cm³/mol. The van der Waals surface area contributed by atoms with Gasteiger partial charge in [-0.15, -0.1) is 0 Å². The molecule has 10 heteroatoms. The maximum Gasteiger partial charge on any atom is 0.387 e. The van der Waals surface area contributed by atoms with Crippen molar-refractivity contribution in [3.63, 3.8) is 0 Å². The summed E-state index contributed by atoms with van der Waals surface area (Å²) in [7, 11) is 3.23. The SMILES string of the molecule is COc1cc(-n2cnc3cc(-c4cnn(C)c4)ccc32)cc(OC(F)F)c1C(=O)NC1CC1. The Labute approximate surface area is 187 Å². The van der Waals surface area contributed by atoms with Crippen molar-refractivity contribution in [1.29, 1.82) is 0 Å². The minimum absolute atomic E-state index is 0.0490. The van der Waals surface area contributed by atoms with Crippen molar-refractivity contribution in [2.75, 3.05) is 7.11 Å². The standard InChI is InChI=1S/C23H21F2N5O3/c1-29-11-14(10-27-29)13-3-6-18-17(7-13)26-12-30(18)16-8-19(32-2)21(20(9-16)33-23(24)25)22(31)28-15-4-5-15/h3,6-12,15,23H,4-5H2,1-2H3,(H,28,31). The van der Waals surface area contributed by atoms with Gasteiger partial charge in [0.1, 0.15) is 23.4 Å². The number of aromatic nitrogens is 4. The fourth-order valence-corrected chi connectivity index (χ4v) is 3.74. The Bertz CT molecular complexity index is 1340. The number of fused-ring (bicyclic) bond motifs is 1. The second-order valence-electron chi connectivity index (χ2n) is 7.87. The topological polar surface area (TPSA) is 83.2 Å². The van der Waals surface area contributed by atoms with Crippen LogP contribution in [0.5, 0.6) is 11.5 Å². The quantitative estimate of drug-likeness (QED) is 0.459. The summed E-state index contributed by atoms with van der Waals surface area (Å²) in [5.41, 5.74) is 3.78. The number of hydrogen-bond acceptors (Lipinski definition) is 5. The number of alkyl halides is 2. The van der Waals surface area contributed by atoms with E-state index in [1.54, 1.807) is 27.8 Å². The van der Waals surface area contributed by atoms with Gasteiger partial charge in [0.05, 0.1) is 30.0 Å². The van der Waals surface area contributed by atoms with E-state index in [4.69, 9.17) is 9.47 Å². The van der Waals surface area contributed by atoms with E-state index < -0.39 is 12.5 Å². The van der Waals surface area contributed by atoms with Gasteiger partial charge in [-0.25, -0.2) is 4.98 Å². The van der Waals surface area contributed by atoms with Gasteiger partial charge >= 0.3 is 6.61 Å². The second kappa shape index (κ2) is 8.19. The summed E-state index contributed by atoms with van der Waals surface area (Å²) >= 11 is 0. The third-order valence-corrected chi connectivity index (χ3v) is 5.49. The number of hydrogen-bond donors (Lipinski definition) is 1. The van der Waals surface area contributed by atoms with Crippen molar-refractivity contribution in [2.24, 2.45) is 7.05 Å². The molecule has 170 valence electrons. The number of rotatable bonds is 7. The Balaban J connectivity index is 1.58. The Hall–Kier alpha value is -3.95. The molecule has 5 rings (SSSR count). The van der Waals surface area contributed by atoms with Crippen LogP contribution in [0.4, 0.5) is 8.78 Å². The van der Waals surface area contributed by atoms with Crippen LogP contribution in [0.15, 0.2) is 49.1 Å². The molecule has 0 unspecified atom stereocenters. The number of carbonyl (C=O) groups excluding carboxylic acids is 1. The van der Waals surface area contributed by atoms with Crippen LogP contribution in [0.3, 0.4) is 0 Å². The number of aryl methyl sites for hydroxylation is 1. The van der Waals surface area contributed by atoms with Gasteiger partial charge in [0.15, 0.2) is 0 Å². The second-order valence-corrected chi connectivity index (χ2v) is 7.87. The molecule has 0 bridgehead atoms. The molecule has 1 aliphatic rings. The molecule has 0 saturated heterocycles. The molecule has 0 spiro atoms. The molecule has 2 heterocycles. The first kappa shape index (κ1) is 20.9. The molecule has 1 amide bonds. The Morgan fingerprint density at radius 2 is 1.97 bits per heavy atom. The molecule has 2 aromatic carbocycles. The minimum atomic E-state index is -3.10. The number of imidazole rings is 1. The van der Waals surface area contributed by atoms with Gasteiger partial charge in [0, 0.05) is 37.0 Å². The summed E-state index contributed by atoms with van der Waals surface area (Å²) in [5.74, 6) is -0.630. The average Bonchev–Trinajstić information content (AvgIpc) is 3.32. The maximum atomic E-state index is 13.2. The van der Waals surface area contributed by atoms with Gasteiger partial charge in [-0.3, -0.25) is 14.0 Å². The monoisotopic (exact) mass is 453 g/mol. The normalized spacial score (nSPS) is 13.5. The molecule has 0 radical (unpaired) electrons. The molecule has 0 aliphatic heterocycles. The molecular weight excluding hydrogens is 432 g/mol. The Kier molecular flexibility index (Phi) is 5.20. The lowest BCUT2D eigenvalue weighted by Gasteiger charge is -2.17. The number of halogens is 2. The maximum absolute atomic E-state index is 13.2. The lowest BCUT2D eigenvalue weighted by molar-refractivity contribution is -0.0502. The average molecular weight is 453 g/mol. The molecule has 2 aromatic heterocycles. The molecule has 1 aliphatic carbocycles. The van der Waals surface area contributed by atoms with Crippen molar-refractivity contribution in [3.05, 3.63) is 54.6 Å². The van der Waals surface area contributed by atoms with Crippen LogP contribution < -0.4 is 14.8 Å². The van der Waals surface area contributed by atoms with Crippen LogP contribution in [-0.2, 0) is 7.05 Å². The fraction of sp³-hybridized carbons (Fsp3) is 0.261. The van der Waals surface area contributed by atoms with Gasteiger partial charge in [-0.1, -0.05) is 6.07 Å². The van der Waals surface area contributed by atoms with Crippen LogP contribution in [0.25, 0.3) is 27.8 Å². The number of nitrogens with zero attached hydrogens (tertiary/aromatic N) is 4. The Morgan fingerprint density at radius 1 is 1.18 bits per heavy atom. The lowest BCUT2D eigenvalue weighted by atomic mass is 10.1. The molecule has 33 heavy (non-hydrogen) atoms. The zero-order chi connectivity index (χ0) is 23.1. The number of methoxy groups -OCH3 is 1. The number of carbonyl (C=O) groups is 1. The number of benzene rings is 2. The number of ether oxygens (including phenoxy) is 2. The highest BCUT2D eigenvalue weighted by Gasteiger charge is 2.29. The van der Waals surface area contributed by atoms with E-state index in [2.05, 4.69) is 15.4 Å². The van der Waals surface area contributed by atoms with Crippen LogP contribution in [-0.4, -0.2) is 45.0 Å². The third-order valence-electron chi connectivity index (χ3n) is 5.49. The Morgan fingerprint density at radius 3 is 2.64 bits per heavy atom. The molecule has 8 nitrogen and oxygen atoms in total. The lowest BCUT2D eigenvalue weighted by Crippen LogP contribution is -2.27. The first-order valence-electron chi connectivity index (χ1n) is 10.4. The molecule has 1 N–H and O–H groups in total. The van der Waals surface area contributed by atoms with Crippen molar-refractivity contribution in [2.45, 2.75) is 25.5 Å². The van der Waals surface area contributed by atoms with E-state index in [0.29, 0.717) is 11.2 Å². The van der Waals surface area contributed by atoms with Crippen molar-refractivity contribution in [1.82, 2.24) is 24.6 Å². The van der Waals surface area contributed by atoms with Crippen LogP contribution in [0, 0.1) is 0 Å².